The fourth-order valence-electron chi connectivity index (χ4n) is 1.42. The van der Waals surface area contributed by atoms with Crippen LogP contribution in [0.15, 0.2) is 18.2 Å². The van der Waals surface area contributed by atoms with Crippen LogP contribution in [0, 0.1) is 12.8 Å². The summed E-state index contributed by atoms with van der Waals surface area (Å²) in [4.78, 5) is 24.6. The molecule has 0 aliphatic heterocycles. The normalized spacial score (nSPS) is 12.9. The average Bonchev–Trinajstić information content (AvgIpc) is 2.68. The first-order valence-electron chi connectivity index (χ1n) is 5.68. The topological polar surface area (TPSA) is 66.4 Å². The molecule has 18 heavy (non-hydrogen) atoms. The Morgan fingerprint density at radius 2 is 2.06 bits per heavy atom. The smallest absolute Gasteiger partial charge is 0.326 e. The molecule has 0 saturated carbocycles. The Hall–Kier alpha value is -1.62. The SMILES string of the molecule is Cc1ccc(/C=C/C(=O)NC(C(=O)O)C(C)C)s1. The number of thiophene rings is 1. The van der Waals surface area contributed by atoms with Crippen molar-refractivity contribution >= 4 is 29.3 Å². The van der Waals surface area contributed by atoms with Gasteiger partial charge in [-0.05, 0) is 31.1 Å². The fourth-order valence-corrected chi connectivity index (χ4v) is 2.20. The monoisotopic (exact) mass is 267 g/mol. The van der Waals surface area contributed by atoms with Gasteiger partial charge in [0.1, 0.15) is 6.04 Å². The first-order chi connectivity index (χ1) is 8.40. The van der Waals surface area contributed by atoms with Crippen LogP contribution in [0.1, 0.15) is 23.6 Å². The lowest BCUT2D eigenvalue weighted by Gasteiger charge is -2.16. The Labute approximate surface area is 110 Å². The van der Waals surface area contributed by atoms with Crippen molar-refractivity contribution in [3.05, 3.63) is 28.0 Å². The van der Waals surface area contributed by atoms with Gasteiger partial charge in [0.25, 0.3) is 0 Å². The zero-order valence-corrected chi connectivity index (χ0v) is 11.5. The largest absolute Gasteiger partial charge is 0.480 e. The van der Waals surface area contributed by atoms with Crippen LogP contribution < -0.4 is 5.32 Å². The van der Waals surface area contributed by atoms with Crippen molar-refractivity contribution in [2.75, 3.05) is 0 Å². The van der Waals surface area contributed by atoms with Crippen LogP contribution in [0.25, 0.3) is 6.08 Å². The maximum atomic E-state index is 11.6. The van der Waals surface area contributed by atoms with E-state index in [9.17, 15) is 9.59 Å². The maximum Gasteiger partial charge on any atom is 0.326 e. The van der Waals surface area contributed by atoms with Crippen LogP contribution in [-0.2, 0) is 9.59 Å². The van der Waals surface area contributed by atoms with Gasteiger partial charge in [0.05, 0.1) is 0 Å². The lowest BCUT2D eigenvalue weighted by molar-refractivity contribution is -0.142. The Kier molecular flexibility index (Phi) is 5.09. The Morgan fingerprint density at radius 1 is 1.39 bits per heavy atom. The highest BCUT2D eigenvalue weighted by Gasteiger charge is 2.22. The number of nitrogens with one attached hydrogen (secondary N) is 1. The van der Waals surface area contributed by atoms with Gasteiger partial charge in [0, 0.05) is 15.8 Å². The van der Waals surface area contributed by atoms with Crippen LogP contribution in [0.4, 0.5) is 0 Å². The lowest BCUT2D eigenvalue weighted by Crippen LogP contribution is -2.43. The molecule has 1 aromatic rings. The summed E-state index contributed by atoms with van der Waals surface area (Å²) in [6, 6.07) is 3.03. The van der Waals surface area contributed by atoms with Crippen LogP contribution in [0.2, 0.25) is 0 Å². The van der Waals surface area contributed by atoms with E-state index in [1.54, 1.807) is 31.3 Å². The number of aliphatic carboxylic acids is 1. The molecule has 0 aliphatic carbocycles. The van der Waals surface area contributed by atoms with Crippen LogP contribution in [0.3, 0.4) is 0 Å². The van der Waals surface area contributed by atoms with Gasteiger partial charge in [-0.25, -0.2) is 4.79 Å². The molecule has 5 heteroatoms. The number of carboxylic acids is 1. The highest BCUT2D eigenvalue weighted by molar-refractivity contribution is 7.12. The van der Waals surface area contributed by atoms with Gasteiger partial charge >= 0.3 is 5.97 Å². The molecule has 0 aliphatic rings. The predicted octanol–water partition coefficient (Wildman–Crippen LogP) is 2.30. The number of rotatable bonds is 5. The number of hydrogen-bond acceptors (Lipinski definition) is 3. The molecule has 4 nitrogen and oxygen atoms in total. The van der Waals surface area contributed by atoms with Gasteiger partial charge in [-0.3, -0.25) is 4.79 Å². The second kappa shape index (κ2) is 6.35. The number of carbonyl (C=O) groups excluding carboxylic acids is 1. The summed E-state index contributed by atoms with van der Waals surface area (Å²) in [5.41, 5.74) is 0. The minimum Gasteiger partial charge on any atom is -0.480 e. The van der Waals surface area contributed by atoms with E-state index in [0.29, 0.717) is 0 Å². The number of carbonyl (C=O) groups is 2. The van der Waals surface area contributed by atoms with Gasteiger partial charge in [0.15, 0.2) is 0 Å². The van der Waals surface area contributed by atoms with Crippen molar-refractivity contribution in [2.45, 2.75) is 26.8 Å². The van der Waals surface area contributed by atoms with Crippen molar-refractivity contribution in [1.82, 2.24) is 5.32 Å². The van der Waals surface area contributed by atoms with E-state index >= 15 is 0 Å². The molecule has 98 valence electrons. The number of aryl methyl sites for hydroxylation is 1. The Balaban J connectivity index is 2.60. The molecular formula is C13H17NO3S. The zero-order valence-electron chi connectivity index (χ0n) is 10.6. The predicted molar refractivity (Wildman–Crippen MR) is 72.5 cm³/mol. The second-order valence-electron chi connectivity index (χ2n) is 4.35. The molecule has 1 aromatic heterocycles. The third-order valence-corrected chi connectivity index (χ3v) is 3.36. The van der Waals surface area contributed by atoms with Crippen LogP contribution in [0.5, 0.6) is 0 Å². The van der Waals surface area contributed by atoms with Crippen molar-refractivity contribution < 1.29 is 14.7 Å². The molecule has 0 bridgehead atoms. The molecule has 1 heterocycles. The molecule has 1 amide bonds. The van der Waals surface area contributed by atoms with Gasteiger partial charge in [-0.15, -0.1) is 11.3 Å². The highest BCUT2D eigenvalue weighted by atomic mass is 32.1. The first-order valence-corrected chi connectivity index (χ1v) is 6.49. The van der Waals surface area contributed by atoms with E-state index in [4.69, 9.17) is 5.11 Å². The van der Waals surface area contributed by atoms with E-state index in [0.717, 1.165) is 4.88 Å². The van der Waals surface area contributed by atoms with E-state index in [-0.39, 0.29) is 11.8 Å². The van der Waals surface area contributed by atoms with E-state index in [1.165, 1.54) is 11.0 Å². The molecule has 0 fully saturated rings. The molecule has 1 atom stereocenters. The van der Waals surface area contributed by atoms with E-state index in [1.807, 2.05) is 19.1 Å². The second-order valence-corrected chi connectivity index (χ2v) is 5.67. The molecule has 0 saturated heterocycles. The first kappa shape index (κ1) is 14.4. The van der Waals surface area contributed by atoms with Gasteiger partial charge in [0.2, 0.25) is 5.91 Å². The van der Waals surface area contributed by atoms with Crippen molar-refractivity contribution in [1.29, 1.82) is 0 Å². The summed E-state index contributed by atoms with van der Waals surface area (Å²) in [6.45, 7) is 5.50. The number of amides is 1. The molecule has 0 radical (unpaired) electrons. The van der Waals surface area contributed by atoms with Crippen molar-refractivity contribution in [3.63, 3.8) is 0 Å². The third-order valence-electron chi connectivity index (χ3n) is 2.39. The minimum atomic E-state index is -1.02. The molecular weight excluding hydrogens is 250 g/mol. The van der Waals surface area contributed by atoms with Crippen molar-refractivity contribution in [3.8, 4) is 0 Å². The molecule has 1 unspecified atom stereocenters. The van der Waals surface area contributed by atoms with Gasteiger partial charge in [-0.1, -0.05) is 13.8 Å². The van der Waals surface area contributed by atoms with Crippen molar-refractivity contribution in [2.24, 2.45) is 5.92 Å². The van der Waals surface area contributed by atoms with Gasteiger partial charge in [-0.2, -0.15) is 0 Å². The summed E-state index contributed by atoms with van der Waals surface area (Å²) in [6.07, 6.45) is 3.05. The Bertz CT molecular complexity index is 463. The molecule has 0 aromatic carbocycles. The third kappa shape index (κ3) is 4.33. The number of carboxylic acid groups (broad SMARTS) is 1. The van der Waals surface area contributed by atoms with Crippen LogP contribution >= 0.6 is 11.3 Å². The van der Waals surface area contributed by atoms with E-state index < -0.39 is 12.0 Å². The number of hydrogen-bond donors (Lipinski definition) is 2. The molecule has 1 rings (SSSR count). The standard InChI is InChI=1S/C13H17NO3S/c1-8(2)12(13(16)17)14-11(15)7-6-10-5-4-9(3)18-10/h4-8,12H,1-3H3,(H,14,15)(H,16,17)/b7-6+. The summed E-state index contributed by atoms with van der Waals surface area (Å²) < 4.78 is 0. The highest BCUT2D eigenvalue weighted by Crippen LogP contribution is 2.16. The quantitative estimate of drug-likeness (QED) is 0.804. The summed E-state index contributed by atoms with van der Waals surface area (Å²) in [7, 11) is 0. The average molecular weight is 267 g/mol. The maximum absolute atomic E-state index is 11.6. The van der Waals surface area contributed by atoms with Crippen LogP contribution in [-0.4, -0.2) is 23.0 Å². The summed E-state index contributed by atoms with van der Waals surface area (Å²) >= 11 is 1.58. The summed E-state index contributed by atoms with van der Waals surface area (Å²) in [5.74, 6) is -1.55. The fraction of sp³-hybridized carbons (Fsp3) is 0.385. The Morgan fingerprint density at radius 3 is 2.50 bits per heavy atom. The summed E-state index contributed by atoms with van der Waals surface area (Å²) in [5, 5.41) is 11.4. The zero-order chi connectivity index (χ0) is 13.7. The molecule has 0 spiro atoms. The lowest BCUT2D eigenvalue weighted by atomic mass is 10.0. The van der Waals surface area contributed by atoms with E-state index in [2.05, 4.69) is 5.32 Å². The minimum absolute atomic E-state index is 0.149. The van der Waals surface area contributed by atoms with Gasteiger partial charge < -0.3 is 10.4 Å². The molecule has 2 N–H and O–H groups in total.